The number of allylic oxidation sites excluding steroid dienone is 2. The van der Waals surface area contributed by atoms with Crippen molar-refractivity contribution in [1.82, 2.24) is 4.98 Å². The van der Waals surface area contributed by atoms with E-state index in [0.717, 1.165) is 5.56 Å². The van der Waals surface area contributed by atoms with Crippen LogP contribution in [0, 0.1) is 6.92 Å². The first kappa shape index (κ1) is 13.3. The lowest BCUT2D eigenvalue weighted by Crippen LogP contribution is -2.21. The summed E-state index contributed by atoms with van der Waals surface area (Å²) in [5.74, 6) is -0.385. The summed E-state index contributed by atoms with van der Waals surface area (Å²) < 4.78 is 10.4. The number of aromatic nitrogens is 1. The zero-order valence-electron chi connectivity index (χ0n) is 11.9. The van der Waals surface area contributed by atoms with Gasteiger partial charge in [-0.05, 0) is 18.6 Å². The first-order valence-corrected chi connectivity index (χ1v) is 6.40. The lowest BCUT2D eigenvalue weighted by molar-refractivity contribution is 0.0911. The molecule has 1 aliphatic carbocycles. The van der Waals surface area contributed by atoms with E-state index in [4.69, 9.17) is 9.47 Å². The van der Waals surface area contributed by atoms with E-state index in [1.54, 1.807) is 0 Å². The highest BCUT2D eigenvalue weighted by atomic mass is 16.5. The molecule has 0 unspecified atom stereocenters. The summed E-state index contributed by atoms with van der Waals surface area (Å²) in [6.45, 7) is 1.90. The van der Waals surface area contributed by atoms with Crippen molar-refractivity contribution in [3.05, 3.63) is 46.9 Å². The van der Waals surface area contributed by atoms with Gasteiger partial charge in [0.25, 0.3) is 0 Å². The number of pyridine rings is 1. The fraction of sp³-hybridized carbons (Fsp3) is 0.188. The molecule has 5 nitrogen and oxygen atoms in total. The Kier molecular flexibility index (Phi) is 2.97. The van der Waals surface area contributed by atoms with E-state index in [-0.39, 0.29) is 28.6 Å². The summed E-state index contributed by atoms with van der Waals surface area (Å²) >= 11 is 0. The van der Waals surface area contributed by atoms with E-state index in [1.165, 1.54) is 20.3 Å². The minimum absolute atomic E-state index is 0.000368. The Balaban J connectivity index is 2.44. The molecule has 3 rings (SSSR count). The van der Waals surface area contributed by atoms with Gasteiger partial charge in [0.1, 0.15) is 11.4 Å². The van der Waals surface area contributed by atoms with Gasteiger partial charge in [-0.3, -0.25) is 9.59 Å². The molecule has 0 N–H and O–H groups in total. The Labute approximate surface area is 121 Å². The Morgan fingerprint density at radius 1 is 1.10 bits per heavy atom. The van der Waals surface area contributed by atoms with Gasteiger partial charge >= 0.3 is 0 Å². The SMILES string of the molecule is COC1=CC(=O)c2nc3c(C)cccc3c(OC)c2C1=O. The van der Waals surface area contributed by atoms with Crippen molar-refractivity contribution in [3.63, 3.8) is 0 Å². The van der Waals surface area contributed by atoms with Crippen LogP contribution in [0.3, 0.4) is 0 Å². The predicted octanol–water partition coefficient (Wildman–Crippen LogP) is 2.46. The van der Waals surface area contributed by atoms with Gasteiger partial charge in [-0.25, -0.2) is 4.98 Å². The molecule has 2 aromatic rings. The van der Waals surface area contributed by atoms with Gasteiger partial charge in [0, 0.05) is 11.5 Å². The number of hydrogen-bond donors (Lipinski definition) is 0. The Bertz CT molecular complexity index is 821. The van der Waals surface area contributed by atoms with Crippen molar-refractivity contribution in [2.45, 2.75) is 6.92 Å². The molecule has 0 aliphatic heterocycles. The number of Topliss-reactive ketones (excluding diaryl/α,β-unsaturated/α-hetero) is 1. The number of nitrogens with zero attached hydrogens (tertiary/aromatic N) is 1. The van der Waals surface area contributed by atoms with Crippen molar-refractivity contribution in [3.8, 4) is 5.75 Å². The van der Waals surface area contributed by atoms with Crippen molar-refractivity contribution >= 4 is 22.5 Å². The van der Waals surface area contributed by atoms with Gasteiger partial charge in [-0.1, -0.05) is 12.1 Å². The van der Waals surface area contributed by atoms with Crippen LogP contribution in [-0.2, 0) is 4.74 Å². The quantitative estimate of drug-likeness (QED) is 0.847. The van der Waals surface area contributed by atoms with Crippen LogP contribution in [0.15, 0.2) is 30.0 Å². The van der Waals surface area contributed by atoms with Crippen LogP contribution < -0.4 is 4.74 Å². The van der Waals surface area contributed by atoms with Gasteiger partial charge in [0.05, 0.1) is 25.3 Å². The van der Waals surface area contributed by atoms with Crippen LogP contribution in [0.5, 0.6) is 5.75 Å². The maximum Gasteiger partial charge on any atom is 0.233 e. The molecule has 0 bridgehead atoms. The molecule has 1 aromatic carbocycles. The number of ether oxygens (including phenoxy) is 2. The number of benzene rings is 1. The summed E-state index contributed by atoms with van der Waals surface area (Å²) in [6.07, 6.45) is 1.17. The van der Waals surface area contributed by atoms with Crippen LogP contribution in [0.25, 0.3) is 10.9 Å². The maximum absolute atomic E-state index is 12.4. The second-order valence-electron chi connectivity index (χ2n) is 4.75. The molecule has 0 saturated heterocycles. The number of methoxy groups -OCH3 is 2. The van der Waals surface area contributed by atoms with E-state index in [2.05, 4.69) is 4.98 Å². The average molecular weight is 283 g/mol. The molecule has 1 aromatic heterocycles. The highest BCUT2D eigenvalue weighted by Crippen LogP contribution is 2.35. The summed E-state index contributed by atoms with van der Waals surface area (Å²) in [4.78, 5) is 29.0. The third-order valence-electron chi connectivity index (χ3n) is 3.54. The lowest BCUT2D eigenvalue weighted by Gasteiger charge is -2.18. The molecule has 1 heterocycles. The Morgan fingerprint density at radius 3 is 2.52 bits per heavy atom. The zero-order chi connectivity index (χ0) is 15.1. The smallest absolute Gasteiger partial charge is 0.233 e. The van der Waals surface area contributed by atoms with E-state index in [9.17, 15) is 9.59 Å². The molecular weight excluding hydrogens is 270 g/mol. The number of hydrogen-bond acceptors (Lipinski definition) is 5. The molecule has 1 aliphatic rings. The van der Waals surface area contributed by atoms with Crippen molar-refractivity contribution in [2.24, 2.45) is 0 Å². The Hall–Kier alpha value is -2.69. The molecule has 5 heteroatoms. The van der Waals surface area contributed by atoms with Crippen molar-refractivity contribution in [2.75, 3.05) is 14.2 Å². The topological polar surface area (TPSA) is 65.5 Å². The van der Waals surface area contributed by atoms with Gasteiger partial charge < -0.3 is 9.47 Å². The van der Waals surface area contributed by atoms with E-state index < -0.39 is 0 Å². The van der Waals surface area contributed by atoms with Crippen LogP contribution >= 0.6 is 0 Å². The molecule has 0 atom stereocenters. The molecule has 106 valence electrons. The molecule has 0 fully saturated rings. The third kappa shape index (κ3) is 1.81. The standard InChI is InChI=1S/C16H13NO4/c1-8-5-4-6-9-13(8)17-14-10(18)7-11(20-2)15(19)12(14)16(9)21-3/h4-7H,1-3H3. The third-order valence-corrected chi connectivity index (χ3v) is 3.54. The largest absolute Gasteiger partial charge is 0.495 e. The first-order valence-electron chi connectivity index (χ1n) is 6.40. The molecule has 21 heavy (non-hydrogen) atoms. The van der Waals surface area contributed by atoms with E-state index in [1.807, 2.05) is 25.1 Å². The Morgan fingerprint density at radius 2 is 1.86 bits per heavy atom. The van der Waals surface area contributed by atoms with E-state index >= 15 is 0 Å². The predicted molar refractivity (Wildman–Crippen MR) is 76.8 cm³/mol. The fourth-order valence-corrected chi connectivity index (χ4v) is 2.53. The molecule has 0 saturated carbocycles. The monoisotopic (exact) mass is 283 g/mol. The minimum atomic E-state index is -0.389. The van der Waals surface area contributed by atoms with Crippen LogP contribution in [0.1, 0.15) is 26.4 Å². The van der Waals surface area contributed by atoms with Crippen LogP contribution in [0.4, 0.5) is 0 Å². The summed E-state index contributed by atoms with van der Waals surface area (Å²) in [7, 11) is 2.83. The zero-order valence-corrected chi connectivity index (χ0v) is 11.9. The number of rotatable bonds is 2. The molecule has 0 radical (unpaired) electrons. The summed E-state index contributed by atoms with van der Waals surface area (Å²) in [6, 6.07) is 5.57. The average Bonchev–Trinajstić information content (AvgIpc) is 2.49. The normalized spacial score (nSPS) is 14.0. The second-order valence-corrected chi connectivity index (χ2v) is 4.75. The van der Waals surface area contributed by atoms with Gasteiger partial charge in [0.15, 0.2) is 5.76 Å². The first-order chi connectivity index (χ1) is 10.1. The summed E-state index contributed by atoms with van der Waals surface area (Å²) in [5, 5.41) is 0.703. The molecule has 0 spiro atoms. The minimum Gasteiger partial charge on any atom is -0.495 e. The number of ketones is 2. The number of aryl methyl sites for hydroxylation is 1. The highest BCUT2D eigenvalue weighted by Gasteiger charge is 2.32. The maximum atomic E-state index is 12.4. The van der Waals surface area contributed by atoms with Gasteiger partial charge in [0.2, 0.25) is 11.6 Å². The lowest BCUT2D eigenvalue weighted by atomic mass is 9.94. The molecular formula is C16H13NO4. The van der Waals surface area contributed by atoms with Crippen molar-refractivity contribution < 1.29 is 19.1 Å². The van der Waals surface area contributed by atoms with Gasteiger partial charge in [-0.2, -0.15) is 0 Å². The van der Waals surface area contributed by atoms with Gasteiger partial charge in [-0.15, -0.1) is 0 Å². The summed E-state index contributed by atoms with van der Waals surface area (Å²) in [5.41, 5.74) is 1.85. The number of carbonyl (C=O) groups excluding carboxylic acids is 2. The number of carbonyl (C=O) groups is 2. The van der Waals surface area contributed by atoms with E-state index in [0.29, 0.717) is 16.7 Å². The van der Waals surface area contributed by atoms with Crippen molar-refractivity contribution in [1.29, 1.82) is 0 Å². The molecule has 0 amide bonds. The van der Waals surface area contributed by atoms with Crippen LogP contribution in [-0.4, -0.2) is 30.8 Å². The number of para-hydroxylation sites is 1. The second kappa shape index (κ2) is 4.70. The fourth-order valence-electron chi connectivity index (χ4n) is 2.53. The highest BCUT2D eigenvalue weighted by molar-refractivity contribution is 6.25. The van der Waals surface area contributed by atoms with Crippen LogP contribution in [0.2, 0.25) is 0 Å². The number of fused-ring (bicyclic) bond motifs is 2.